The summed E-state index contributed by atoms with van der Waals surface area (Å²) in [7, 11) is 0. The van der Waals surface area contributed by atoms with Crippen molar-refractivity contribution in [3.63, 3.8) is 0 Å². The fourth-order valence-corrected chi connectivity index (χ4v) is 2.77. The zero-order chi connectivity index (χ0) is 17.1. The molecule has 1 aromatic heterocycles. The van der Waals surface area contributed by atoms with E-state index in [1.807, 2.05) is 0 Å². The number of nitrogens with one attached hydrogen (secondary N) is 1. The number of carbonyl (C=O) groups is 1. The zero-order valence-electron chi connectivity index (χ0n) is 13.3. The predicted molar refractivity (Wildman–Crippen MR) is 90.9 cm³/mol. The molecule has 0 unspecified atom stereocenters. The number of benzene rings is 1. The number of carbonyl (C=O) groups excluding carboxylic acids is 1. The van der Waals surface area contributed by atoms with Gasteiger partial charge in [-0.25, -0.2) is 4.68 Å². The lowest BCUT2D eigenvalue weighted by molar-refractivity contribution is 0.0851. The molecule has 1 N–H and O–H groups in total. The predicted octanol–water partition coefficient (Wildman–Crippen LogP) is 2.10. The summed E-state index contributed by atoms with van der Waals surface area (Å²) in [4.78, 5) is 24.4. The van der Waals surface area contributed by atoms with E-state index < -0.39 is 11.3 Å². The van der Waals surface area contributed by atoms with Gasteiger partial charge in [-0.1, -0.05) is 11.6 Å². The van der Waals surface area contributed by atoms with Gasteiger partial charge in [0.15, 0.2) is 5.69 Å². The van der Waals surface area contributed by atoms with E-state index in [4.69, 9.17) is 16.3 Å². The number of aryl methyl sites for hydroxylation is 1. The van der Waals surface area contributed by atoms with E-state index in [2.05, 4.69) is 10.4 Å². The highest BCUT2D eigenvalue weighted by Gasteiger charge is 2.19. The molecule has 1 atom stereocenters. The molecule has 1 aliphatic heterocycles. The minimum Gasteiger partial charge on any atom is -0.376 e. The number of rotatable bonds is 4. The first-order chi connectivity index (χ1) is 11.5. The number of hydrogen-bond donors (Lipinski definition) is 1. The number of halogens is 1. The molecule has 3 rings (SSSR count). The van der Waals surface area contributed by atoms with Crippen molar-refractivity contribution < 1.29 is 9.53 Å². The number of nitrogens with zero attached hydrogens (tertiary/aromatic N) is 2. The van der Waals surface area contributed by atoms with Gasteiger partial charge in [0.25, 0.3) is 5.91 Å². The Hall–Kier alpha value is -2.18. The van der Waals surface area contributed by atoms with Gasteiger partial charge in [0.05, 0.1) is 11.8 Å². The van der Waals surface area contributed by atoms with Gasteiger partial charge in [-0.2, -0.15) is 5.10 Å². The Morgan fingerprint density at radius 2 is 2.17 bits per heavy atom. The SMILES string of the molecule is Cc1cc(=O)c(C(=O)NC[C@@H]2CCCO2)nn1-c1ccc(Cl)cc1. The van der Waals surface area contributed by atoms with Crippen LogP contribution in [0.15, 0.2) is 35.1 Å². The molecule has 0 spiro atoms. The van der Waals surface area contributed by atoms with Crippen molar-refractivity contribution in [3.05, 3.63) is 57.0 Å². The molecule has 0 saturated carbocycles. The first kappa shape index (κ1) is 16.7. The lowest BCUT2D eigenvalue weighted by atomic mass is 10.2. The third-order valence-corrected chi connectivity index (χ3v) is 4.16. The maximum absolute atomic E-state index is 12.3. The Morgan fingerprint density at radius 1 is 1.42 bits per heavy atom. The Labute approximate surface area is 144 Å². The molecule has 0 aliphatic carbocycles. The topological polar surface area (TPSA) is 73.2 Å². The molecular weight excluding hydrogens is 330 g/mol. The van der Waals surface area contributed by atoms with Crippen LogP contribution in [0.25, 0.3) is 5.69 Å². The molecule has 1 aliphatic rings. The van der Waals surface area contributed by atoms with Crippen LogP contribution < -0.4 is 10.7 Å². The van der Waals surface area contributed by atoms with E-state index in [0.717, 1.165) is 18.5 Å². The molecule has 0 bridgehead atoms. The maximum atomic E-state index is 12.3. The minimum absolute atomic E-state index is 0.0119. The summed E-state index contributed by atoms with van der Waals surface area (Å²) in [5.74, 6) is -0.488. The highest BCUT2D eigenvalue weighted by Crippen LogP contribution is 2.14. The number of amides is 1. The van der Waals surface area contributed by atoms with Crippen LogP contribution in [0.2, 0.25) is 5.02 Å². The largest absolute Gasteiger partial charge is 0.376 e. The van der Waals surface area contributed by atoms with Gasteiger partial charge < -0.3 is 10.1 Å². The van der Waals surface area contributed by atoms with Crippen LogP contribution in [0, 0.1) is 6.92 Å². The molecular formula is C17H18ClN3O3. The van der Waals surface area contributed by atoms with Gasteiger partial charge in [0.1, 0.15) is 0 Å². The van der Waals surface area contributed by atoms with Gasteiger partial charge in [-0.05, 0) is 44.0 Å². The molecule has 1 amide bonds. The Morgan fingerprint density at radius 3 is 2.83 bits per heavy atom. The second-order valence-electron chi connectivity index (χ2n) is 5.73. The molecule has 1 aromatic carbocycles. The lowest BCUT2D eigenvalue weighted by Gasteiger charge is -2.13. The molecule has 1 fully saturated rings. The summed E-state index contributed by atoms with van der Waals surface area (Å²) in [5, 5.41) is 7.56. The summed E-state index contributed by atoms with van der Waals surface area (Å²) in [6, 6.07) is 8.42. The second kappa shape index (κ2) is 7.15. The van der Waals surface area contributed by atoms with E-state index in [9.17, 15) is 9.59 Å². The summed E-state index contributed by atoms with van der Waals surface area (Å²) in [5.41, 5.74) is 0.833. The smallest absolute Gasteiger partial charge is 0.275 e. The van der Waals surface area contributed by atoms with E-state index in [-0.39, 0.29) is 11.8 Å². The van der Waals surface area contributed by atoms with E-state index >= 15 is 0 Å². The highest BCUT2D eigenvalue weighted by atomic mass is 35.5. The molecule has 0 radical (unpaired) electrons. The fraction of sp³-hybridized carbons (Fsp3) is 0.353. The third kappa shape index (κ3) is 3.66. The lowest BCUT2D eigenvalue weighted by Crippen LogP contribution is -2.36. The van der Waals surface area contributed by atoms with Crippen molar-refractivity contribution in [1.82, 2.24) is 15.1 Å². The number of hydrogen-bond acceptors (Lipinski definition) is 4. The fourth-order valence-electron chi connectivity index (χ4n) is 2.64. The van der Waals surface area contributed by atoms with Crippen LogP contribution in [0.3, 0.4) is 0 Å². The number of ether oxygens (including phenoxy) is 1. The first-order valence-electron chi connectivity index (χ1n) is 7.81. The van der Waals surface area contributed by atoms with E-state index in [0.29, 0.717) is 23.9 Å². The standard InChI is InChI=1S/C17H18ClN3O3/c1-11-9-15(22)16(17(23)19-10-14-3-2-8-24-14)20-21(11)13-6-4-12(18)5-7-13/h4-7,9,14H,2-3,8,10H2,1H3,(H,19,23)/t14-/m0/s1. The van der Waals surface area contributed by atoms with Crippen molar-refractivity contribution in [1.29, 1.82) is 0 Å². The monoisotopic (exact) mass is 347 g/mol. The van der Waals surface area contributed by atoms with Gasteiger partial charge in [0.2, 0.25) is 5.43 Å². The average Bonchev–Trinajstić information content (AvgIpc) is 3.07. The van der Waals surface area contributed by atoms with E-state index in [1.165, 1.54) is 6.07 Å². The van der Waals surface area contributed by atoms with Crippen molar-refractivity contribution in [2.45, 2.75) is 25.9 Å². The Balaban J connectivity index is 1.84. The Bertz CT molecular complexity index is 796. The Kier molecular flexibility index (Phi) is 4.97. The summed E-state index contributed by atoms with van der Waals surface area (Å²) in [6.07, 6.45) is 1.92. The number of aromatic nitrogens is 2. The van der Waals surface area contributed by atoms with Crippen molar-refractivity contribution in [2.24, 2.45) is 0 Å². The minimum atomic E-state index is -0.488. The van der Waals surface area contributed by atoms with Crippen molar-refractivity contribution in [3.8, 4) is 5.69 Å². The van der Waals surface area contributed by atoms with Crippen LogP contribution in [-0.2, 0) is 4.74 Å². The van der Waals surface area contributed by atoms with Gasteiger partial charge >= 0.3 is 0 Å². The summed E-state index contributed by atoms with van der Waals surface area (Å²) >= 11 is 5.89. The van der Waals surface area contributed by atoms with Gasteiger partial charge in [-0.3, -0.25) is 9.59 Å². The summed E-state index contributed by atoms with van der Waals surface area (Å²) in [6.45, 7) is 2.86. The molecule has 24 heavy (non-hydrogen) atoms. The molecule has 126 valence electrons. The molecule has 2 heterocycles. The molecule has 7 heteroatoms. The average molecular weight is 348 g/mol. The zero-order valence-corrected chi connectivity index (χ0v) is 14.0. The van der Waals surface area contributed by atoms with Crippen LogP contribution >= 0.6 is 11.6 Å². The third-order valence-electron chi connectivity index (χ3n) is 3.91. The maximum Gasteiger partial charge on any atom is 0.275 e. The molecule has 2 aromatic rings. The van der Waals surface area contributed by atoms with Crippen LogP contribution in [0.4, 0.5) is 0 Å². The van der Waals surface area contributed by atoms with Crippen molar-refractivity contribution >= 4 is 17.5 Å². The van der Waals surface area contributed by atoms with Gasteiger partial charge in [-0.15, -0.1) is 0 Å². The normalized spacial score (nSPS) is 17.0. The molecule has 1 saturated heterocycles. The van der Waals surface area contributed by atoms with Crippen LogP contribution in [-0.4, -0.2) is 34.9 Å². The molecule has 6 nitrogen and oxygen atoms in total. The second-order valence-corrected chi connectivity index (χ2v) is 6.17. The van der Waals surface area contributed by atoms with Crippen LogP contribution in [0.5, 0.6) is 0 Å². The first-order valence-corrected chi connectivity index (χ1v) is 8.19. The van der Waals surface area contributed by atoms with E-state index in [1.54, 1.807) is 35.9 Å². The van der Waals surface area contributed by atoms with Crippen molar-refractivity contribution in [2.75, 3.05) is 13.2 Å². The van der Waals surface area contributed by atoms with Gasteiger partial charge in [0, 0.05) is 29.9 Å². The highest BCUT2D eigenvalue weighted by molar-refractivity contribution is 6.30. The quantitative estimate of drug-likeness (QED) is 0.919. The summed E-state index contributed by atoms with van der Waals surface area (Å²) < 4.78 is 7.02. The van der Waals surface area contributed by atoms with Crippen LogP contribution in [0.1, 0.15) is 29.0 Å².